The Kier molecular flexibility index (Phi) is 6.79. The second-order valence-corrected chi connectivity index (χ2v) is 8.06. The fraction of sp³-hybridized carbons (Fsp3) is 0.130. The van der Waals surface area contributed by atoms with Gasteiger partial charge in [-0.25, -0.2) is 0 Å². The van der Waals surface area contributed by atoms with Crippen LogP contribution in [-0.4, -0.2) is 10.1 Å². The van der Waals surface area contributed by atoms with E-state index in [1.165, 1.54) is 0 Å². The van der Waals surface area contributed by atoms with Crippen LogP contribution < -0.4 is 15.0 Å². The first-order chi connectivity index (χ1) is 13.9. The first kappa shape index (κ1) is 21.2. The van der Waals surface area contributed by atoms with Gasteiger partial charge in [0.1, 0.15) is 0 Å². The Hall–Kier alpha value is -2.54. The van der Waals surface area contributed by atoms with Crippen LogP contribution in [0.5, 0.6) is 0 Å². The number of thiocarbonyl (C=S) groups is 1. The average Bonchev–Trinajstić information content (AvgIpc) is 2.71. The van der Waals surface area contributed by atoms with Crippen LogP contribution in [0.25, 0.3) is 11.5 Å². The molecule has 0 atom stereocenters. The third-order valence-corrected chi connectivity index (χ3v) is 5.29. The highest BCUT2D eigenvalue weighted by Gasteiger charge is 2.20. The van der Waals surface area contributed by atoms with Gasteiger partial charge in [-0.3, -0.25) is 0 Å². The quantitative estimate of drug-likeness (QED) is 0.257. The maximum atomic E-state index is 13.4. The Morgan fingerprint density at radius 3 is 2.52 bits per heavy atom. The number of nitrogens with one attached hydrogen (secondary N) is 1. The molecule has 3 rings (SSSR count). The molecule has 0 unspecified atom stereocenters. The molecule has 0 spiro atoms. The number of aromatic nitrogens is 1. The molecule has 1 heterocycles. The number of anilines is 1. The van der Waals surface area contributed by atoms with E-state index in [-0.39, 0.29) is 12.4 Å². The van der Waals surface area contributed by atoms with Gasteiger partial charge in [0.2, 0.25) is 5.70 Å². The maximum absolute atomic E-state index is 13.4. The van der Waals surface area contributed by atoms with E-state index in [4.69, 9.17) is 12.2 Å². The van der Waals surface area contributed by atoms with Gasteiger partial charge in [-0.2, -0.15) is 4.57 Å². The Bertz CT molecular complexity index is 1080. The van der Waals surface area contributed by atoms with Crippen LogP contribution in [-0.2, 0) is 6.61 Å². The predicted molar refractivity (Wildman–Crippen MR) is 122 cm³/mol. The van der Waals surface area contributed by atoms with Crippen molar-refractivity contribution < 1.29 is 14.8 Å². The summed E-state index contributed by atoms with van der Waals surface area (Å²) in [6.07, 6.45) is 3.46. The van der Waals surface area contributed by atoms with Crippen molar-refractivity contribution in [3.8, 4) is 0 Å². The molecule has 1 aromatic heterocycles. The number of hydrogen-bond acceptors (Lipinski definition) is 3. The zero-order valence-electron chi connectivity index (χ0n) is 16.1. The second-order valence-electron chi connectivity index (χ2n) is 6.73. The topological polar surface area (TPSA) is 59.2 Å². The van der Waals surface area contributed by atoms with Crippen molar-refractivity contribution in [3.63, 3.8) is 0 Å². The van der Waals surface area contributed by atoms with E-state index in [9.17, 15) is 10.2 Å². The lowest BCUT2D eigenvalue weighted by Crippen LogP contribution is -2.40. The van der Waals surface area contributed by atoms with Crippen LogP contribution >= 0.6 is 28.1 Å². The van der Waals surface area contributed by atoms with E-state index >= 15 is 0 Å². The van der Waals surface area contributed by atoms with Crippen molar-refractivity contribution >= 4 is 50.3 Å². The molecule has 0 aliphatic rings. The highest BCUT2D eigenvalue weighted by molar-refractivity contribution is 9.10. The molecule has 0 fully saturated rings. The maximum Gasteiger partial charge on any atom is 0.238 e. The van der Waals surface area contributed by atoms with E-state index in [0.717, 1.165) is 21.3 Å². The molecule has 0 saturated carbocycles. The lowest BCUT2D eigenvalue weighted by molar-refractivity contribution is -0.578. The molecule has 29 heavy (non-hydrogen) atoms. The third-order valence-electron chi connectivity index (χ3n) is 4.47. The Labute approximate surface area is 184 Å². The molecular formula is C23H21BrN2O2S. The van der Waals surface area contributed by atoms with Crippen LogP contribution in [0, 0.1) is 13.8 Å². The number of halogens is 1. The molecule has 0 saturated heterocycles. The van der Waals surface area contributed by atoms with Gasteiger partial charge >= 0.3 is 0 Å². The first-order valence-electron chi connectivity index (χ1n) is 9.06. The van der Waals surface area contributed by atoms with Gasteiger partial charge in [0.25, 0.3) is 0 Å². The highest BCUT2D eigenvalue weighted by Crippen LogP contribution is 2.21. The van der Waals surface area contributed by atoms with Gasteiger partial charge in [-0.1, -0.05) is 58.0 Å². The smallest absolute Gasteiger partial charge is 0.238 e. The van der Waals surface area contributed by atoms with Crippen molar-refractivity contribution in [2.45, 2.75) is 20.5 Å². The van der Waals surface area contributed by atoms with Crippen molar-refractivity contribution in [1.82, 2.24) is 0 Å². The molecule has 6 heteroatoms. The van der Waals surface area contributed by atoms with Gasteiger partial charge in [-0.05, 0) is 55.0 Å². The summed E-state index contributed by atoms with van der Waals surface area (Å²) in [6, 6.07) is 16.7. The van der Waals surface area contributed by atoms with E-state index in [2.05, 4.69) is 27.3 Å². The number of rotatable bonds is 5. The van der Waals surface area contributed by atoms with Gasteiger partial charge in [0.15, 0.2) is 17.4 Å². The highest BCUT2D eigenvalue weighted by atomic mass is 79.9. The van der Waals surface area contributed by atoms with Crippen LogP contribution in [0.1, 0.15) is 22.3 Å². The molecule has 148 valence electrons. The van der Waals surface area contributed by atoms with Crippen LogP contribution in [0.2, 0.25) is 0 Å². The molecule has 2 N–H and O–H groups in total. The average molecular weight is 469 g/mol. The van der Waals surface area contributed by atoms with Crippen molar-refractivity contribution in [2.75, 3.05) is 5.32 Å². The van der Waals surface area contributed by atoms with Crippen molar-refractivity contribution in [2.24, 2.45) is 0 Å². The molecule has 4 nitrogen and oxygen atoms in total. The lowest BCUT2D eigenvalue weighted by atomic mass is 10.1. The Balaban J connectivity index is 2.10. The Morgan fingerprint density at radius 1 is 1.14 bits per heavy atom. The van der Waals surface area contributed by atoms with Gasteiger partial charge in [-0.15, -0.1) is 0 Å². The minimum absolute atomic E-state index is 0.127. The minimum atomic E-state index is -0.208. The molecule has 3 aromatic rings. The monoisotopic (exact) mass is 468 g/mol. The molecular weight excluding hydrogens is 448 g/mol. The predicted octanol–water partition coefficient (Wildman–Crippen LogP) is 3.97. The fourth-order valence-corrected chi connectivity index (χ4v) is 3.54. The number of pyridine rings is 1. The molecule has 2 aromatic carbocycles. The first-order valence-corrected chi connectivity index (χ1v) is 10.3. The summed E-state index contributed by atoms with van der Waals surface area (Å²) in [6.45, 7) is 3.89. The summed E-state index contributed by atoms with van der Waals surface area (Å²) < 4.78 is 2.55. The lowest BCUT2D eigenvalue weighted by Gasteiger charge is -2.18. The Morgan fingerprint density at radius 2 is 1.86 bits per heavy atom. The number of nitrogens with zero attached hydrogens (tertiary/aromatic N) is 1. The number of benzene rings is 2. The van der Waals surface area contributed by atoms with E-state index in [1.54, 1.807) is 41.2 Å². The summed E-state index contributed by atoms with van der Waals surface area (Å²) >= 11 is 9.05. The SMILES string of the molecule is Cc1ccc(NC(=S)/C(=C(\[O-])c2ccc(Br)cc2)[n+]2cccc(CO)c2)c(C)c1. The number of hydrogen-bond donors (Lipinski definition) is 2. The number of aliphatic hydroxyl groups is 1. The number of aliphatic hydroxyl groups excluding tert-OH is 1. The van der Waals surface area contributed by atoms with E-state index in [0.29, 0.717) is 21.8 Å². The third kappa shape index (κ3) is 5.09. The van der Waals surface area contributed by atoms with Crippen LogP contribution in [0.4, 0.5) is 5.69 Å². The van der Waals surface area contributed by atoms with Crippen LogP contribution in [0.3, 0.4) is 0 Å². The molecule has 0 amide bonds. The zero-order valence-corrected chi connectivity index (χ0v) is 18.5. The zero-order chi connectivity index (χ0) is 21.0. The van der Waals surface area contributed by atoms with Gasteiger partial charge in [0.05, 0.1) is 6.61 Å². The summed E-state index contributed by atoms with van der Waals surface area (Å²) in [7, 11) is 0. The molecule has 0 aliphatic carbocycles. The summed E-state index contributed by atoms with van der Waals surface area (Å²) in [5.74, 6) is -0.208. The summed E-state index contributed by atoms with van der Waals surface area (Å²) in [5, 5.41) is 26.1. The summed E-state index contributed by atoms with van der Waals surface area (Å²) in [5.41, 5.74) is 4.56. The normalized spacial score (nSPS) is 11.7. The van der Waals surface area contributed by atoms with E-state index in [1.807, 2.05) is 38.1 Å². The fourth-order valence-electron chi connectivity index (χ4n) is 2.97. The van der Waals surface area contributed by atoms with E-state index < -0.39 is 0 Å². The minimum Gasteiger partial charge on any atom is -0.867 e. The summed E-state index contributed by atoms with van der Waals surface area (Å²) in [4.78, 5) is 0.310. The van der Waals surface area contributed by atoms with Crippen LogP contribution in [0.15, 0.2) is 71.5 Å². The standard InChI is InChI=1S/C23H21BrN2O2S/c1-15-5-10-20(16(2)12-15)25-23(29)21(26-11-3-4-17(13-26)14-27)22(28)18-6-8-19(24)9-7-18/h3-13,27H,14H2,1-2H3,(H-,25,28,29). The molecule has 0 bridgehead atoms. The van der Waals surface area contributed by atoms with Gasteiger partial charge in [0, 0.05) is 21.8 Å². The largest absolute Gasteiger partial charge is 0.867 e. The second kappa shape index (κ2) is 9.31. The van der Waals surface area contributed by atoms with Crippen molar-refractivity contribution in [1.29, 1.82) is 0 Å². The van der Waals surface area contributed by atoms with Crippen molar-refractivity contribution in [3.05, 3.63) is 93.7 Å². The molecule has 0 radical (unpaired) electrons. The number of aryl methyl sites for hydroxylation is 2. The molecule has 0 aliphatic heterocycles. The van der Waals surface area contributed by atoms with Gasteiger partial charge < -0.3 is 15.5 Å².